The summed E-state index contributed by atoms with van der Waals surface area (Å²) in [5, 5.41) is 0. The zero-order valence-corrected chi connectivity index (χ0v) is 24.2. The second-order valence-electron chi connectivity index (χ2n) is 13.2. The number of hydrogen-bond acceptors (Lipinski definition) is 2. The molecular formula is C33H48N4O. The van der Waals surface area contributed by atoms with Crippen LogP contribution >= 0.6 is 0 Å². The highest BCUT2D eigenvalue weighted by atomic mass is 16.2. The summed E-state index contributed by atoms with van der Waals surface area (Å²) < 4.78 is 0. The fourth-order valence-corrected chi connectivity index (χ4v) is 6.42. The van der Waals surface area contributed by atoms with Crippen LogP contribution in [0.25, 0.3) is 0 Å². The lowest BCUT2D eigenvalue weighted by molar-refractivity contribution is -0.132. The molecule has 5 heteroatoms. The summed E-state index contributed by atoms with van der Waals surface area (Å²) in [5.41, 5.74) is 18.0. The molecule has 4 rings (SSSR count). The molecule has 1 amide bonds. The standard InChI is InChI=1S/C33H48N4O/c1-23-17-28-29(33(4,5)16-15-32(28,2)3)19-27(23)22-37(30(38)18-24-9-7-6-8-10-24)21-26-13-11-25(12-14-26)20-36-31(34)35/h6-10,17,19,25-26H,11-16,18,20-22H2,1-5H3,(H4,34,35,36). The number of aryl methyl sites for hydroxylation is 1. The van der Waals surface area contributed by atoms with Crippen molar-refractivity contribution in [3.05, 3.63) is 70.3 Å². The highest BCUT2D eigenvalue weighted by molar-refractivity contribution is 5.79. The van der Waals surface area contributed by atoms with Crippen LogP contribution in [0.3, 0.4) is 0 Å². The number of carbonyl (C=O) groups excluding carboxylic acids is 1. The van der Waals surface area contributed by atoms with E-state index in [9.17, 15) is 4.79 Å². The number of amides is 1. The molecule has 2 aromatic rings. The molecule has 206 valence electrons. The Kier molecular flexibility index (Phi) is 8.54. The lowest BCUT2D eigenvalue weighted by Gasteiger charge is -2.42. The molecule has 2 aromatic carbocycles. The normalized spacial score (nSPS) is 21.8. The van der Waals surface area contributed by atoms with E-state index in [0.29, 0.717) is 31.3 Å². The van der Waals surface area contributed by atoms with Crippen LogP contribution in [-0.2, 0) is 28.6 Å². The van der Waals surface area contributed by atoms with E-state index in [1.54, 1.807) is 0 Å². The van der Waals surface area contributed by atoms with Crippen LogP contribution < -0.4 is 11.5 Å². The lowest BCUT2D eigenvalue weighted by atomic mass is 9.62. The van der Waals surface area contributed by atoms with Crippen molar-refractivity contribution < 1.29 is 4.79 Å². The van der Waals surface area contributed by atoms with E-state index in [1.807, 2.05) is 18.2 Å². The summed E-state index contributed by atoms with van der Waals surface area (Å²) in [4.78, 5) is 20.1. The van der Waals surface area contributed by atoms with E-state index in [2.05, 4.69) is 68.8 Å². The predicted octanol–water partition coefficient (Wildman–Crippen LogP) is 6.00. The van der Waals surface area contributed by atoms with Gasteiger partial charge in [-0.3, -0.25) is 9.79 Å². The molecule has 2 aliphatic carbocycles. The van der Waals surface area contributed by atoms with Crippen LogP contribution in [0, 0.1) is 18.8 Å². The Morgan fingerprint density at radius 1 is 0.921 bits per heavy atom. The molecule has 0 bridgehead atoms. The Morgan fingerprint density at radius 3 is 2.11 bits per heavy atom. The Morgan fingerprint density at radius 2 is 1.50 bits per heavy atom. The van der Waals surface area contributed by atoms with Gasteiger partial charge in [0.1, 0.15) is 0 Å². The lowest BCUT2D eigenvalue weighted by Crippen LogP contribution is -2.38. The van der Waals surface area contributed by atoms with Gasteiger partial charge in [0, 0.05) is 19.6 Å². The van der Waals surface area contributed by atoms with Gasteiger partial charge >= 0.3 is 0 Å². The van der Waals surface area contributed by atoms with Gasteiger partial charge in [0.05, 0.1) is 6.42 Å². The molecule has 0 atom stereocenters. The molecule has 0 saturated heterocycles. The highest BCUT2D eigenvalue weighted by Gasteiger charge is 2.37. The number of nitrogens with two attached hydrogens (primary N) is 2. The first-order valence-electron chi connectivity index (χ1n) is 14.5. The fraction of sp³-hybridized carbons (Fsp3) is 0.576. The third kappa shape index (κ3) is 6.78. The van der Waals surface area contributed by atoms with Gasteiger partial charge in [-0.1, -0.05) is 70.2 Å². The van der Waals surface area contributed by atoms with Gasteiger partial charge in [-0.05, 0) is 95.9 Å². The molecule has 4 N–H and O–H groups in total. The SMILES string of the molecule is Cc1cc2c(cc1CN(CC1CCC(CN=C(N)N)CC1)C(=O)Cc1ccccc1)C(C)(C)CCC2(C)C. The van der Waals surface area contributed by atoms with Gasteiger partial charge in [0.2, 0.25) is 5.91 Å². The van der Waals surface area contributed by atoms with Gasteiger partial charge in [-0.25, -0.2) is 0 Å². The van der Waals surface area contributed by atoms with Gasteiger partial charge in [0.15, 0.2) is 5.96 Å². The summed E-state index contributed by atoms with van der Waals surface area (Å²) in [6.07, 6.45) is 7.30. The molecule has 0 aliphatic heterocycles. The van der Waals surface area contributed by atoms with Gasteiger partial charge < -0.3 is 16.4 Å². The Hall–Kier alpha value is -2.82. The molecular weight excluding hydrogens is 468 g/mol. The number of nitrogens with zero attached hydrogens (tertiary/aromatic N) is 2. The Bertz CT molecular complexity index is 1140. The molecule has 0 spiro atoms. The second-order valence-corrected chi connectivity index (χ2v) is 13.2. The average Bonchev–Trinajstić information content (AvgIpc) is 2.87. The van der Waals surface area contributed by atoms with Gasteiger partial charge in [-0.2, -0.15) is 0 Å². The van der Waals surface area contributed by atoms with Gasteiger partial charge in [0.25, 0.3) is 0 Å². The number of hydrogen-bond donors (Lipinski definition) is 2. The van der Waals surface area contributed by atoms with E-state index in [1.165, 1.54) is 35.1 Å². The molecule has 0 unspecified atom stereocenters. The second kappa shape index (κ2) is 11.5. The number of rotatable bonds is 8. The van der Waals surface area contributed by atoms with Crippen molar-refractivity contribution in [2.45, 2.75) is 96.9 Å². The number of carbonyl (C=O) groups is 1. The quantitative estimate of drug-likeness (QED) is 0.334. The van der Waals surface area contributed by atoms with E-state index in [-0.39, 0.29) is 22.7 Å². The van der Waals surface area contributed by atoms with Crippen LogP contribution in [0.1, 0.15) is 94.0 Å². The maximum absolute atomic E-state index is 13.7. The average molecular weight is 517 g/mol. The molecule has 1 saturated carbocycles. The first-order valence-corrected chi connectivity index (χ1v) is 14.5. The van der Waals surface area contributed by atoms with Crippen molar-refractivity contribution in [2.75, 3.05) is 13.1 Å². The first kappa shape index (κ1) is 28.2. The van der Waals surface area contributed by atoms with Crippen LogP contribution in [0.4, 0.5) is 0 Å². The summed E-state index contributed by atoms with van der Waals surface area (Å²) in [6, 6.07) is 15.0. The fourth-order valence-electron chi connectivity index (χ4n) is 6.42. The molecule has 0 heterocycles. The molecule has 38 heavy (non-hydrogen) atoms. The van der Waals surface area contributed by atoms with E-state index < -0.39 is 0 Å². The molecule has 1 fully saturated rings. The van der Waals surface area contributed by atoms with Crippen LogP contribution in [0.15, 0.2) is 47.5 Å². The monoisotopic (exact) mass is 516 g/mol. The minimum atomic E-state index is 0.153. The van der Waals surface area contributed by atoms with Crippen molar-refractivity contribution in [2.24, 2.45) is 28.3 Å². The minimum absolute atomic E-state index is 0.153. The van der Waals surface area contributed by atoms with Crippen molar-refractivity contribution in [1.82, 2.24) is 4.90 Å². The first-order chi connectivity index (χ1) is 17.9. The maximum atomic E-state index is 13.7. The zero-order valence-electron chi connectivity index (χ0n) is 24.2. The Balaban J connectivity index is 1.55. The number of fused-ring (bicyclic) bond motifs is 1. The maximum Gasteiger partial charge on any atom is 0.227 e. The van der Waals surface area contributed by atoms with Crippen LogP contribution in [0.5, 0.6) is 0 Å². The zero-order chi connectivity index (χ0) is 27.5. The van der Waals surface area contributed by atoms with Crippen molar-refractivity contribution in [3.63, 3.8) is 0 Å². The van der Waals surface area contributed by atoms with E-state index >= 15 is 0 Å². The van der Waals surface area contributed by atoms with Crippen LogP contribution in [-0.4, -0.2) is 29.9 Å². The predicted molar refractivity (Wildman–Crippen MR) is 158 cm³/mol. The summed E-state index contributed by atoms with van der Waals surface area (Å²) >= 11 is 0. The minimum Gasteiger partial charge on any atom is -0.370 e. The number of benzene rings is 2. The van der Waals surface area contributed by atoms with Crippen molar-refractivity contribution in [1.29, 1.82) is 0 Å². The molecule has 0 aromatic heterocycles. The number of aliphatic imine (C=N–C) groups is 1. The summed E-state index contributed by atoms with van der Waals surface area (Å²) in [7, 11) is 0. The van der Waals surface area contributed by atoms with Gasteiger partial charge in [-0.15, -0.1) is 0 Å². The largest absolute Gasteiger partial charge is 0.370 e. The van der Waals surface area contributed by atoms with Crippen LogP contribution in [0.2, 0.25) is 0 Å². The van der Waals surface area contributed by atoms with Crippen molar-refractivity contribution >= 4 is 11.9 Å². The molecule has 2 aliphatic rings. The third-order valence-electron chi connectivity index (χ3n) is 9.20. The van der Waals surface area contributed by atoms with Crippen molar-refractivity contribution in [3.8, 4) is 0 Å². The Labute approximate surface area is 230 Å². The smallest absolute Gasteiger partial charge is 0.227 e. The summed E-state index contributed by atoms with van der Waals surface area (Å²) in [5.74, 6) is 1.45. The summed E-state index contributed by atoms with van der Waals surface area (Å²) in [6.45, 7) is 13.9. The molecule has 0 radical (unpaired) electrons. The van der Waals surface area contributed by atoms with E-state index in [4.69, 9.17) is 11.5 Å². The third-order valence-corrected chi connectivity index (χ3v) is 9.20. The topological polar surface area (TPSA) is 84.7 Å². The van der Waals surface area contributed by atoms with E-state index in [0.717, 1.165) is 37.8 Å². The highest BCUT2D eigenvalue weighted by Crippen LogP contribution is 2.46. The molecule has 5 nitrogen and oxygen atoms in total. The number of guanidine groups is 1.